The van der Waals surface area contributed by atoms with Gasteiger partial charge in [-0.05, 0) is 57.5 Å². The van der Waals surface area contributed by atoms with E-state index in [-0.39, 0.29) is 30.0 Å². The first-order chi connectivity index (χ1) is 15.8. The number of Topliss-reactive ketones (excluding diaryl/α,β-unsaturated/α-hetero) is 1. The van der Waals surface area contributed by atoms with Crippen molar-refractivity contribution in [3.8, 4) is 0 Å². The fourth-order valence-electron chi connectivity index (χ4n) is 3.31. The van der Waals surface area contributed by atoms with Crippen LogP contribution in [0.25, 0.3) is 0 Å². The Balaban J connectivity index is 2.43. The van der Waals surface area contributed by atoms with Crippen LogP contribution in [0.15, 0.2) is 48.5 Å². The first kappa shape index (κ1) is 27.3. The van der Waals surface area contributed by atoms with E-state index in [9.17, 15) is 22.8 Å². The quantitative estimate of drug-likeness (QED) is 0.497. The summed E-state index contributed by atoms with van der Waals surface area (Å²) in [4.78, 5) is 39.3. The molecule has 10 heteroatoms. The zero-order chi connectivity index (χ0) is 25.6. The lowest BCUT2D eigenvalue weighted by atomic mass is 10.1. The Morgan fingerprint density at radius 3 is 2.24 bits per heavy atom. The van der Waals surface area contributed by atoms with Gasteiger partial charge in [0.2, 0.25) is 21.8 Å². The van der Waals surface area contributed by atoms with Crippen LogP contribution in [0.4, 0.5) is 5.69 Å². The molecule has 2 amide bonds. The molecule has 0 spiro atoms. The molecule has 0 saturated heterocycles. The van der Waals surface area contributed by atoms with Crippen molar-refractivity contribution >= 4 is 44.9 Å². The summed E-state index contributed by atoms with van der Waals surface area (Å²) in [5, 5.41) is 3.26. The van der Waals surface area contributed by atoms with Crippen LogP contribution >= 0.6 is 11.6 Å². The van der Waals surface area contributed by atoms with Gasteiger partial charge in [-0.1, -0.05) is 35.9 Å². The number of hydrogen-bond acceptors (Lipinski definition) is 5. The minimum atomic E-state index is -3.88. The van der Waals surface area contributed by atoms with Gasteiger partial charge in [0.25, 0.3) is 0 Å². The number of nitrogens with zero attached hydrogens (tertiary/aromatic N) is 2. The molecule has 0 radical (unpaired) electrons. The highest BCUT2D eigenvalue weighted by atomic mass is 35.5. The van der Waals surface area contributed by atoms with Gasteiger partial charge in [-0.3, -0.25) is 18.7 Å². The monoisotopic (exact) mass is 507 g/mol. The number of anilines is 1. The van der Waals surface area contributed by atoms with Gasteiger partial charge >= 0.3 is 0 Å². The lowest BCUT2D eigenvalue weighted by molar-refractivity contribution is -0.139. The Morgan fingerprint density at radius 2 is 1.68 bits per heavy atom. The van der Waals surface area contributed by atoms with Crippen molar-refractivity contribution in [2.24, 2.45) is 0 Å². The molecule has 0 aliphatic rings. The number of nitrogens with one attached hydrogen (secondary N) is 1. The van der Waals surface area contributed by atoms with E-state index in [1.165, 1.54) is 24.0 Å². The van der Waals surface area contributed by atoms with Crippen LogP contribution < -0.4 is 9.62 Å². The van der Waals surface area contributed by atoms with E-state index >= 15 is 0 Å². The van der Waals surface area contributed by atoms with Gasteiger partial charge in [-0.15, -0.1) is 0 Å². The van der Waals surface area contributed by atoms with Crippen LogP contribution in [0.2, 0.25) is 5.02 Å². The van der Waals surface area contributed by atoms with Crippen molar-refractivity contribution in [3.63, 3.8) is 0 Å². The molecule has 184 valence electrons. The van der Waals surface area contributed by atoms with Crippen molar-refractivity contribution < 1.29 is 22.8 Å². The van der Waals surface area contributed by atoms with E-state index in [4.69, 9.17) is 11.6 Å². The molecule has 0 heterocycles. The number of ketones is 1. The van der Waals surface area contributed by atoms with Crippen molar-refractivity contribution in [2.45, 2.75) is 46.3 Å². The topological polar surface area (TPSA) is 104 Å². The van der Waals surface area contributed by atoms with Crippen LogP contribution in [-0.2, 0) is 26.2 Å². The number of carbonyl (C=O) groups excluding carboxylic acids is 3. The smallest absolute Gasteiger partial charge is 0.244 e. The minimum Gasteiger partial charge on any atom is -0.352 e. The van der Waals surface area contributed by atoms with Crippen LogP contribution in [-0.4, -0.2) is 55.8 Å². The van der Waals surface area contributed by atoms with Gasteiger partial charge in [0.05, 0.1) is 11.9 Å². The maximum absolute atomic E-state index is 13.5. The third-order valence-corrected chi connectivity index (χ3v) is 6.44. The second-order valence-corrected chi connectivity index (χ2v) is 10.7. The zero-order valence-corrected chi connectivity index (χ0v) is 21.5. The molecule has 0 fully saturated rings. The molecule has 2 aromatic carbocycles. The zero-order valence-electron chi connectivity index (χ0n) is 19.9. The van der Waals surface area contributed by atoms with Gasteiger partial charge in [0, 0.05) is 23.2 Å². The summed E-state index contributed by atoms with van der Waals surface area (Å²) in [6.07, 6.45) is 0.983. The maximum Gasteiger partial charge on any atom is 0.244 e. The highest BCUT2D eigenvalue weighted by molar-refractivity contribution is 7.92. The number of hydrogen-bond donors (Lipinski definition) is 1. The average molecular weight is 508 g/mol. The standard InChI is InChI=1S/C24H30ClN3O5S/c1-16(2)26-24(31)17(3)27(14-19-8-6-10-21(25)12-19)23(30)15-28(34(5,32)33)22-11-7-9-20(13-22)18(4)29/h6-13,16-17H,14-15H2,1-5H3,(H,26,31)/t17-/m1/s1. The second kappa shape index (κ2) is 11.5. The molecular weight excluding hydrogens is 478 g/mol. The van der Waals surface area contributed by atoms with E-state index in [0.717, 1.165) is 10.6 Å². The number of rotatable bonds is 10. The van der Waals surface area contributed by atoms with E-state index in [2.05, 4.69) is 5.32 Å². The summed E-state index contributed by atoms with van der Waals surface area (Å²) in [5.74, 6) is -1.18. The lowest BCUT2D eigenvalue weighted by Crippen LogP contribution is -2.52. The summed E-state index contributed by atoms with van der Waals surface area (Å²) in [6, 6.07) is 11.9. The normalized spacial score (nSPS) is 12.2. The molecular formula is C24H30ClN3O5S. The van der Waals surface area contributed by atoms with Gasteiger partial charge < -0.3 is 10.2 Å². The maximum atomic E-state index is 13.5. The molecule has 2 aromatic rings. The van der Waals surface area contributed by atoms with Crippen LogP contribution in [0, 0.1) is 0 Å². The molecule has 0 aliphatic heterocycles. The number of benzene rings is 2. The summed E-state index contributed by atoms with van der Waals surface area (Å²) < 4.78 is 26.1. The molecule has 0 bridgehead atoms. The highest BCUT2D eigenvalue weighted by Gasteiger charge is 2.30. The third-order valence-electron chi connectivity index (χ3n) is 5.06. The molecule has 0 unspecified atom stereocenters. The molecule has 0 saturated carbocycles. The molecule has 1 atom stereocenters. The first-order valence-corrected chi connectivity index (χ1v) is 12.9. The predicted molar refractivity (Wildman–Crippen MR) is 133 cm³/mol. The Labute approximate surface area is 205 Å². The van der Waals surface area contributed by atoms with Gasteiger partial charge in [0.1, 0.15) is 12.6 Å². The summed E-state index contributed by atoms with van der Waals surface area (Å²) in [6.45, 7) is 6.08. The number of carbonyl (C=O) groups is 3. The second-order valence-electron chi connectivity index (χ2n) is 8.37. The Morgan fingerprint density at radius 1 is 1.03 bits per heavy atom. The van der Waals surface area contributed by atoms with Gasteiger partial charge in [-0.2, -0.15) is 0 Å². The molecule has 1 N–H and O–H groups in total. The molecule has 0 aromatic heterocycles. The van der Waals surface area contributed by atoms with E-state index in [1.54, 1.807) is 57.2 Å². The van der Waals surface area contributed by atoms with Crippen molar-refractivity contribution in [2.75, 3.05) is 17.1 Å². The van der Waals surface area contributed by atoms with Gasteiger partial charge in [-0.25, -0.2) is 8.42 Å². The van der Waals surface area contributed by atoms with Crippen molar-refractivity contribution in [3.05, 3.63) is 64.7 Å². The van der Waals surface area contributed by atoms with Crippen LogP contribution in [0.3, 0.4) is 0 Å². The van der Waals surface area contributed by atoms with E-state index in [1.807, 2.05) is 0 Å². The Bertz CT molecular complexity index is 1170. The fourth-order valence-corrected chi connectivity index (χ4v) is 4.37. The summed E-state index contributed by atoms with van der Waals surface area (Å²) in [7, 11) is -3.88. The third kappa shape index (κ3) is 7.56. The average Bonchev–Trinajstić information content (AvgIpc) is 2.74. The Hall–Kier alpha value is -2.91. The SMILES string of the molecule is CC(=O)c1cccc(N(CC(=O)N(Cc2cccc(Cl)c2)[C@H](C)C(=O)NC(C)C)S(C)(=O)=O)c1. The van der Waals surface area contributed by atoms with E-state index < -0.39 is 28.5 Å². The number of sulfonamides is 1. The van der Waals surface area contributed by atoms with Crippen molar-refractivity contribution in [1.29, 1.82) is 0 Å². The summed E-state index contributed by atoms with van der Waals surface area (Å²) >= 11 is 6.09. The minimum absolute atomic E-state index is 0.0527. The van der Waals surface area contributed by atoms with Crippen LogP contribution in [0.5, 0.6) is 0 Å². The van der Waals surface area contributed by atoms with Crippen LogP contribution in [0.1, 0.15) is 43.6 Å². The highest BCUT2D eigenvalue weighted by Crippen LogP contribution is 2.21. The van der Waals surface area contributed by atoms with Gasteiger partial charge in [0.15, 0.2) is 5.78 Å². The van der Waals surface area contributed by atoms with Crippen molar-refractivity contribution in [1.82, 2.24) is 10.2 Å². The first-order valence-electron chi connectivity index (χ1n) is 10.7. The molecule has 0 aliphatic carbocycles. The fraction of sp³-hybridized carbons (Fsp3) is 0.375. The molecule has 2 rings (SSSR count). The number of halogens is 1. The molecule has 34 heavy (non-hydrogen) atoms. The Kier molecular flexibility index (Phi) is 9.23. The largest absolute Gasteiger partial charge is 0.352 e. The lowest BCUT2D eigenvalue weighted by Gasteiger charge is -2.32. The van der Waals surface area contributed by atoms with E-state index in [0.29, 0.717) is 16.1 Å². The molecule has 8 nitrogen and oxygen atoms in total. The number of amides is 2. The predicted octanol–water partition coefficient (Wildman–Crippen LogP) is 3.25. The summed E-state index contributed by atoms with van der Waals surface area (Å²) in [5.41, 5.74) is 1.19.